The van der Waals surface area contributed by atoms with E-state index in [9.17, 15) is 30.6 Å². The summed E-state index contributed by atoms with van der Waals surface area (Å²) < 4.78 is 7.41. The fourth-order valence-electron chi connectivity index (χ4n) is 12.2. The summed E-state index contributed by atoms with van der Waals surface area (Å²) in [6.07, 6.45) is 20.7. The minimum absolute atomic E-state index is 0.0181. The Balaban J connectivity index is 0.885. The molecule has 2 heterocycles. The number of hydrogen-bond donors (Lipinski definition) is 7. The van der Waals surface area contributed by atoms with Gasteiger partial charge in [0.25, 0.3) is 0 Å². The van der Waals surface area contributed by atoms with Crippen LogP contribution in [0.5, 0.6) is 28.7 Å². The second-order valence-corrected chi connectivity index (χ2v) is 17.2. The Morgan fingerprint density at radius 1 is 0.764 bits per heavy atom. The van der Waals surface area contributed by atoms with E-state index in [2.05, 4.69) is 53.9 Å². The van der Waals surface area contributed by atoms with Crippen molar-refractivity contribution in [1.29, 1.82) is 0 Å². The van der Waals surface area contributed by atoms with Gasteiger partial charge in [-0.05, 0) is 115 Å². The van der Waals surface area contributed by atoms with Crippen molar-refractivity contribution in [3.05, 3.63) is 113 Å². The Kier molecular flexibility index (Phi) is 8.14. The van der Waals surface area contributed by atoms with Gasteiger partial charge in [0.05, 0.1) is 23.2 Å². The van der Waals surface area contributed by atoms with Crippen LogP contribution in [0.3, 0.4) is 0 Å². The van der Waals surface area contributed by atoms with E-state index >= 15 is 0 Å². The van der Waals surface area contributed by atoms with Crippen molar-refractivity contribution in [2.45, 2.75) is 81.8 Å². The number of aromatic hydroxyl groups is 5. The summed E-state index contributed by atoms with van der Waals surface area (Å²) in [6.45, 7) is 0.746. The molecule has 0 aromatic heterocycles. The van der Waals surface area contributed by atoms with Crippen LogP contribution in [0.4, 0.5) is 0 Å². The number of benzene rings is 4. The third-order valence-electron chi connectivity index (χ3n) is 14.6. The SMILES string of the molecule is Oc1ccc(C=Cc2c(CCc3ccc(CN[C@@H]4C[C@@H]5O[C@@]67[C@@H]8C[C@H]5C=CC8CC[C@@]65C[C@@H](O)C[C@@H]5C=C[C@H]47)cc3)c(O)c(O)c3c(O)cccc23)cc1O. The zero-order valence-corrected chi connectivity index (χ0v) is 30.8. The highest BCUT2D eigenvalue weighted by molar-refractivity contribution is 6.03. The third-order valence-corrected chi connectivity index (χ3v) is 14.6. The summed E-state index contributed by atoms with van der Waals surface area (Å²) in [4.78, 5) is 0. The molecule has 0 radical (unpaired) electrons. The van der Waals surface area contributed by atoms with Crippen molar-refractivity contribution in [2.24, 2.45) is 35.0 Å². The minimum Gasteiger partial charge on any atom is -0.507 e. The molecule has 4 aliphatic carbocycles. The first kappa shape index (κ1) is 34.7. The van der Waals surface area contributed by atoms with Crippen LogP contribution in [0.25, 0.3) is 22.9 Å². The van der Waals surface area contributed by atoms with Crippen LogP contribution in [0.15, 0.2) is 85.0 Å². The van der Waals surface area contributed by atoms with E-state index in [0.717, 1.165) is 37.8 Å². The van der Waals surface area contributed by atoms with E-state index in [1.807, 2.05) is 0 Å². The molecule has 4 bridgehead atoms. The Labute approximate surface area is 321 Å². The number of phenols is 5. The predicted octanol–water partition coefficient (Wildman–Crippen LogP) is 7.87. The predicted molar refractivity (Wildman–Crippen MR) is 212 cm³/mol. The van der Waals surface area contributed by atoms with E-state index in [0.29, 0.717) is 64.6 Å². The van der Waals surface area contributed by atoms with Gasteiger partial charge in [0, 0.05) is 35.4 Å². The van der Waals surface area contributed by atoms with Crippen LogP contribution in [0.1, 0.15) is 66.3 Å². The standard InChI is InChI=1S/C47H49NO7/c49-32-22-31-13-16-36-38(23-42-30-12-11-29-18-19-46(31,24-32)47(36,55-42)37(29)21-30)48-25-28-6-4-26(5-7-28)8-15-35-33(14-9-27-10-17-39(50)41(52)20-27)34-2-1-3-40(51)43(34)45(54)44(35)53/h1-7,9-14,16-17,20,29-32,36-38,42,48-54H,8,15,18-19,21-25H2/t29?,30-,31+,32+,36-,37-,38-,42+,46+,47+/m1/s1. The average Bonchev–Trinajstić information content (AvgIpc) is 3.53. The first-order chi connectivity index (χ1) is 26.6. The van der Waals surface area contributed by atoms with E-state index in [1.54, 1.807) is 30.4 Å². The molecule has 7 N–H and O–H groups in total. The van der Waals surface area contributed by atoms with Gasteiger partial charge in [0.15, 0.2) is 23.0 Å². The number of fused-ring (bicyclic) bond motifs is 4. The normalized spacial score (nSPS) is 34.0. The highest BCUT2D eigenvalue weighted by Gasteiger charge is 2.74. The zero-order valence-electron chi connectivity index (χ0n) is 30.8. The average molecular weight is 740 g/mol. The van der Waals surface area contributed by atoms with Crippen molar-refractivity contribution >= 4 is 22.9 Å². The maximum Gasteiger partial charge on any atom is 0.169 e. The number of allylic oxidation sites excluding steroid dienone is 2. The fourth-order valence-corrected chi connectivity index (χ4v) is 12.2. The summed E-state index contributed by atoms with van der Waals surface area (Å²) >= 11 is 0. The monoisotopic (exact) mass is 739 g/mol. The highest BCUT2D eigenvalue weighted by atomic mass is 16.5. The molecule has 8 heteroatoms. The van der Waals surface area contributed by atoms with Crippen molar-refractivity contribution in [1.82, 2.24) is 5.32 Å². The van der Waals surface area contributed by atoms with Gasteiger partial charge in [0.2, 0.25) is 0 Å². The zero-order chi connectivity index (χ0) is 37.6. The van der Waals surface area contributed by atoms with Crippen LogP contribution in [0.2, 0.25) is 0 Å². The molecular weight excluding hydrogens is 691 g/mol. The number of aryl methyl sites for hydroxylation is 1. The molecule has 1 unspecified atom stereocenters. The lowest BCUT2D eigenvalue weighted by atomic mass is 9.41. The molecule has 6 aliphatic rings. The number of hydrogen-bond acceptors (Lipinski definition) is 8. The highest BCUT2D eigenvalue weighted by Crippen LogP contribution is 2.72. The lowest BCUT2D eigenvalue weighted by molar-refractivity contribution is -0.317. The van der Waals surface area contributed by atoms with Crippen LogP contribution < -0.4 is 5.32 Å². The summed E-state index contributed by atoms with van der Waals surface area (Å²) in [5.41, 5.74) is 3.92. The summed E-state index contributed by atoms with van der Waals surface area (Å²) in [5.74, 6) is 0.985. The van der Waals surface area contributed by atoms with Crippen molar-refractivity contribution in [2.75, 3.05) is 0 Å². The Morgan fingerprint density at radius 3 is 2.42 bits per heavy atom. The molecule has 2 spiro atoms. The number of phenolic OH excluding ortho intramolecular Hbond substituents is 5. The molecule has 10 rings (SSSR count). The molecule has 2 saturated carbocycles. The maximum absolute atomic E-state index is 11.3. The van der Waals surface area contributed by atoms with Crippen LogP contribution in [-0.4, -0.2) is 54.5 Å². The van der Waals surface area contributed by atoms with Gasteiger partial charge >= 0.3 is 0 Å². The number of aliphatic hydroxyl groups is 1. The number of nitrogens with one attached hydrogen (secondary N) is 1. The first-order valence-electron chi connectivity index (χ1n) is 20.1. The van der Waals surface area contributed by atoms with Crippen molar-refractivity contribution in [3.8, 4) is 28.7 Å². The molecular formula is C47H49NO7. The molecule has 55 heavy (non-hydrogen) atoms. The van der Waals surface area contributed by atoms with Crippen LogP contribution in [0, 0.1) is 35.0 Å². The maximum atomic E-state index is 11.3. The number of ether oxygens (including phenoxy) is 1. The van der Waals surface area contributed by atoms with E-state index < -0.39 is 0 Å². The lowest BCUT2D eigenvalue weighted by Gasteiger charge is -2.71. The smallest absolute Gasteiger partial charge is 0.169 e. The third kappa shape index (κ3) is 5.28. The summed E-state index contributed by atoms with van der Waals surface area (Å²) in [6, 6.07) is 18.4. The fraction of sp³-hybridized carbons (Fsp3) is 0.404. The van der Waals surface area contributed by atoms with Gasteiger partial charge in [-0.25, -0.2) is 0 Å². The largest absolute Gasteiger partial charge is 0.507 e. The molecule has 4 fully saturated rings. The van der Waals surface area contributed by atoms with Crippen molar-refractivity contribution in [3.63, 3.8) is 0 Å². The van der Waals surface area contributed by atoms with Crippen LogP contribution in [-0.2, 0) is 24.1 Å². The molecule has 10 atom stereocenters. The first-order valence-corrected chi connectivity index (χ1v) is 20.1. The topological polar surface area (TPSA) is 143 Å². The lowest BCUT2D eigenvalue weighted by Crippen LogP contribution is -2.75. The van der Waals surface area contributed by atoms with Gasteiger partial charge in [-0.3, -0.25) is 0 Å². The molecule has 2 aliphatic heterocycles. The number of rotatable bonds is 8. The Morgan fingerprint density at radius 2 is 1.58 bits per heavy atom. The Bertz CT molecular complexity index is 2260. The second-order valence-electron chi connectivity index (χ2n) is 17.2. The minimum atomic E-state index is -0.359. The van der Waals surface area contributed by atoms with Gasteiger partial charge < -0.3 is 40.7 Å². The van der Waals surface area contributed by atoms with E-state index in [4.69, 9.17) is 4.74 Å². The van der Waals surface area contributed by atoms with Crippen LogP contribution >= 0.6 is 0 Å². The molecule has 4 aromatic carbocycles. The summed E-state index contributed by atoms with van der Waals surface area (Å²) in [5, 5.41) is 68.5. The molecule has 4 aromatic rings. The molecule has 284 valence electrons. The van der Waals surface area contributed by atoms with Crippen molar-refractivity contribution < 1.29 is 35.4 Å². The quantitative estimate of drug-likeness (QED) is 0.0550. The Hall–Kier alpha value is -4.76. The molecule has 0 amide bonds. The number of aliphatic hydroxyl groups excluding tert-OH is 1. The molecule has 8 nitrogen and oxygen atoms in total. The molecule has 2 saturated heterocycles. The van der Waals surface area contributed by atoms with E-state index in [-0.39, 0.29) is 63.3 Å². The summed E-state index contributed by atoms with van der Waals surface area (Å²) in [7, 11) is 0. The van der Waals surface area contributed by atoms with E-state index in [1.165, 1.54) is 36.6 Å². The van der Waals surface area contributed by atoms with Gasteiger partial charge in [0.1, 0.15) is 5.75 Å². The van der Waals surface area contributed by atoms with Gasteiger partial charge in [-0.2, -0.15) is 0 Å². The second kappa shape index (κ2) is 12.9. The van der Waals surface area contributed by atoms with Gasteiger partial charge in [-0.15, -0.1) is 0 Å². The van der Waals surface area contributed by atoms with Gasteiger partial charge in [-0.1, -0.05) is 78.9 Å².